The van der Waals surface area contributed by atoms with Crippen LogP contribution in [-0.2, 0) is 18.0 Å². The maximum Gasteiger partial charge on any atom is 0.0736 e. The van der Waals surface area contributed by atoms with Gasteiger partial charge in [0.1, 0.15) is 0 Å². The Morgan fingerprint density at radius 2 is 1.45 bits per heavy atom. The number of hydrogen-bond acceptors (Lipinski definition) is 1. The van der Waals surface area contributed by atoms with E-state index in [-0.39, 0.29) is 0 Å². The van der Waals surface area contributed by atoms with E-state index < -0.39 is 0 Å². The molecule has 3 rings (SSSR count). The maximum absolute atomic E-state index is 5.90. The summed E-state index contributed by atoms with van der Waals surface area (Å²) in [5, 5.41) is 1.50. The molecule has 2 aliphatic rings. The Balaban J connectivity index is 2.64. The SMILES string of the molecule is Clc1cc2c(Cl)cc1COC2. The van der Waals surface area contributed by atoms with Crippen molar-refractivity contribution in [3.8, 4) is 0 Å². The fraction of sp³-hybridized carbons (Fsp3) is 0.250. The lowest BCUT2D eigenvalue weighted by molar-refractivity contribution is 0.111. The van der Waals surface area contributed by atoms with Crippen LogP contribution in [0.4, 0.5) is 0 Å². The number of halogens is 2. The molecule has 0 N–H and O–H groups in total. The summed E-state index contributed by atoms with van der Waals surface area (Å²) in [4.78, 5) is 0. The highest BCUT2D eigenvalue weighted by atomic mass is 35.5. The minimum atomic E-state index is 0.565. The summed E-state index contributed by atoms with van der Waals surface area (Å²) in [7, 11) is 0. The standard InChI is InChI=1S/C8H6Cl2O/c9-7-1-5-3-11-4-6(7)2-8(5)10/h1-2H,3-4H2. The lowest BCUT2D eigenvalue weighted by atomic mass is 10.2. The second kappa shape index (κ2) is 2.67. The van der Waals surface area contributed by atoms with Crippen LogP contribution in [0.3, 0.4) is 0 Å². The normalized spacial score (nSPS) is 15.1. The van der Waals surface area contributed by atoms with Gasteiger partial charge in [-0.15, -0.1) is 0 Å². The number of rotatable bonds is 0. The number of ether oxygens (including phenoxy) is 1. The average Bonchev–Trinajstić information content (AvgIpc) is 2.21. The van der Waals surface area contributed by atoms with Gasteiger partial charge in [-0.3, -0.25) is 0 Å². The molecule has 58 valence electrons. The van der Waals surface area contributed by atoms with E-state index >= 15 is 0 Å². The molecule has 0 saturated carbocycles. The van der Waals surface area contributed by atoms with Gasteiger partial charge in [0.2, 0.25) is 0 Å². The van der Waals surface area contributed by atoms with Gasteiger partial charge < -0.3 is 4.74 Å². The first-order chi connectivity index (χ1) is 5.27. The van der Waals surface area contributed by atoms with E-state index in [0.717, 1.165) is 21.2 Å². The molecule has 2 bridgehead atoms. The van der Waals surface area contributed by atoms with Gasteiger partial charge in [0.05, 0.1) is 13.2 Å². The van der Waals surface area contributed by atoms with Crippen molar-refractivity contribution in [1.82, 2.24) is 0 Å². The quantitative estimate of drug-likeness (QED) is 0.609. The third-order valence-corrected chi connectivity index (χ3v) is 2.43. The van der Waals surface area contributed by atoms with Crippen molar-refractivity contribution in [3.63, 3.8) is 0 Å². The third kappa shape index (κ3) is 1.24. The highest BCUT2D eigenvalue weighted by molar-refractivity contribution is 6.34. The fourth-order valence-electron chi connectivity index (χ4n) is 1.12. The lowest BCUT2D eigenvalue weighted by Crippen LogP contribution is -1.85. The molecule has 0 saturated heterocycles. The first kappa shape index (κ1) is 7.41. The molecule has 0 spiro atoms. The lowest BCUT2D eigenvalue weighted by Gasteiger charge is -1.98. The molecular formula is C8H6Cl2O. The Labute approximate surface area is 74.9 Å². The van der Waals surface area contributed by atoms with Gasteiger partial charge in [0, 0.05) is 10.0 Å². The first-order valence-electron chi connectivity index (χ1n) is 3.32. The zero-order valence-electron chi connectivity index (χ0n) is 5.73. The van der Waals surface area contributed by atoms with E-state index in [1.54, 1.807) is 0 Å². The Morgan fingerprint density at radius 3 is 1.91 bits per heavy atom. The van der Waals surface area contributed by atoms with Crippen LogP contribution in [0.1, 0.15) is 11.1 Å². The van der Waals surface area contributed by atoms with Crippen LogP contribution in [0.25, 0.3) is 0 Å². The molecule has 1 aromatic rings. The van der Waals surface area contributed by atoms with Crippen molar-refractivity contribution < 1.29 is 4.74 Å². The maximum atomic E-state index is 5.90. The highest BCUT2D eigenvalue weighted by Gasteiger charge is 2.11. The molecule has 0 radical (unpaired) electrons. The molecule has 3 heteroatoms. The molecule has 2 heterocycles. The summed E-state index contributed by atoms with van der Waals surface area (Å²) in [6.45, 7) is 1.13. The average molecular weight is 189 g/mol. The van der Waals surface area contributed by atoms with Crippen LogP contribution in [-0.4, -0.2) is 0 Å². The molecule has 0 amide bonds. The molecule has 0 unspecified atom stereocenters. The van der Waals surface area contributed by atoms with Crippen molar-refractivity contribution in [2.24, 2.45) is 0 Å². The van der Waals surface area contributed by atoms with E-state index in [4.69, 9.17) is 27.9 Å². The van der Waals surface area contributed by atoms with E-state index in [0.29, 0.717) is 13.2 Å². The molecule has 11 heavy (non-hydrogen) atoms. The Morgan fingerprint density at radius 1 is 1.00 bits per heavy atom. The van der Waals surface area contributed by atoms with Gasteiger partial charge in [0.15, 0.2) is 0 Å². The van der Waals surface area contributed by atoms with Gasteiger partial charge >= 0.3 is 0 Å². The number of hydrogen-bond donors (Lipinski definition) is 0. The predicted octanol–water partition coefficient (Wildman–Crippen LogP) is 3.02. The van der Waals surface area contributed by atoms with E-state index in [1.807, 2.05) is 12.1 Å². The Hall–Kier alpha value is -0.240. The zero-order chi connectivity index (χ0) is 7.84. The third-order valence-electron chi connectivity index (χ3n) is 1.73. The van der Waals surface area contributed by atoms with Gasteiger partial charge in [-0.25, -0.2) is 0 Å². The van der Waals surface area contributed by atoms with Crippen molar-refractivity contribution in [2.45, 2.75) is 13.2 Å². The molecule has 0 atom stereocenters. The molecule has 1 nitrogen and oxygen atoms in total. The minimum absolute atomic E-state index is 0.565. The summed E-state index contributed by atoms with van der Waals surface area (Å²) in [5.41, 5.74) is 1.94. The Bertz CT molecular complexity index is 267. The van der Waals surface area contributed by atoms with Gasteiger partial charge in [-0.2, -0.15) is 0 Å². The van der Waals surface area contributed by atoms with Crippen LogP contribution in [0.5, 0.6) is 0 Å². The van der Waals surface area contributed by atoms with Crippen molar-refractivity contribution in [1.29, 1.82) is 0 Å². The molecule has 0 aromatic heterocycles. The second-order valence-electron chi connectivity index (χ2n) is 2.53. The summed E-state index contributed by atoms with van der Waals surface area (Å²) in [6.07, 6.45) is 0. The fourth-order valence-corrected chi connectivity index (χ4v) is 1.60. The first-order valence-corrected chi connectivity index (χ1v) is 4.07. The van der Waals surface area contributed by atoms with Crippen LogP contribution >= 0.6 is 23.2 Å². The largest absolute Gasteiger partial charge is 0.372 e. The number of fused-ring (bicyclic) bond motifs is 4. The van der Waals surface area contributed by atoms with Crippen LogP contribution in [0.15, 0.2) is 12.1 Å². The van der Waals surface area contributed by atoms with Crippen LogP contribution < -0.4 is 0 Å². The summed E-state index contributed by atoms with van der Waals surface area (Å²) in [5.74, 6) is 0. The van der Waals surface area contributed by atoms with E-state index in [9.17, 15) is 0 Å². The van der Waals surface area contributed by atoms with Crippen LogP contribution in [0, 0.1) is 0 Å². The zero-order valence-corrected chi connectivity index (χ0v) is 7.24. The van der Waals surface area contributed by atoms with Gasteiger partial charge in [0.25, 0.3) is 0 Å². The summed E-state index contributed by atoms with van der Waals surface area (Å²) < 4.78 is 5.28. The highest BCUT2D eigenvalue weighted by Crippen LogP contribution is 2.29. The van der Waals surface area contributed by atoms with Gasteiger partial charge in [-0.1, -0.05) is 23.2 Å². The minimum Gasteiger partial charge on any atom is -0.372 e. The topological polar surface area (TPSA) is 9.23 Å². The van der Waals surface area contributed by atoms with Crippen LogP contribution in [0.2, 0.25) is 10.0 Å². The van der Waals surface area contributed by atoms with Gasteiger partial charge in [-0.05, 0) is 23.3 Å². The van der Waals surface area contributed by atoms with Crippen molar-refractivity contribution >= 4 is 23.2 Å². The molecule has 1 aromatic carbocycles. The number of benzene rings is 1. The smallest absolute Gasteiger partial charge is 0.0736 e. The molecular weight excluding hydrogens is 183 g/mol. The van der Waals surface area contributed by atoms with E-state index in [2.05, 4.69) is 0 Å². The predicted molar refractivity (Wildman–Crippen MR) is 45.0 cm³/mol. The van der Waals surface area contributed by atoms with Crippen molar-refractivity contribution in [3.05, 3.63) is 33.3 Å². The summed E-state index contributed by atoms with van der Waals surface area (Å²) in [6, 6.07) is 3.73. The molecule has 2 aliphatic heterocycles. The Kier molecular flexibility index (Phi) is 1.80. The molecule has 0 fully saturated rings. The van der Waals surface area contributed by atoms with Crippen molar-refractivity contribution in [2.75, 3.05) is 0 Å². The monoisotopic (exact) mass is 188 g/mol. The summed E-state index contributed by atoms with van der Waals surface area (Å²) >= 11 is 11.8. The second-order valence-corrected chi connectivity index (χ2v) is 3.34. The van der Waals surface area contributed by atoms with E-state index in [1.165, 1.54) is 0 Å². The molecule has 0 aliphatic carbocycles.